The Bertz CT molecular complexity index is 227. The summed E-state index contributed by atoms with van der Waals surface area (Å²) in [6, 6.07) is 0. The van der Waals surface area contributed by atoms with Gasteiger partial charge in [0.2, 0.25) is 5.91 Å². The van der Waals surface area contributed by atoms with Crippen LogP contribution in [0, 0.1) is 5.92 Å². The standard InChI is InChI=1S/C16H31NO2/c1-15(2)16(19)17-13-11-9-7-5-3-4-6-8-10-12-14-18/h14-15H,3-13H2,1-2H3,(H,17,19). The average molecular weight is 269 g/mol. The minimum atomic E-state index is 0.0965. The van der Waals surface area contributed by atoms with Crippen LogP contribution in [0.25, 0.3) is 0 Å². The first-order valence-corrected chi connectivity index (χ1v) is 7.90. The molecule has 0 radical (unpaired) electrons. The zero-order valence-electron chi connectivity index (χ0n) is 12.7. The number of hydrogen-bond donors (Lipinski definition) is 1. The number of amides is 1. The fraction of sp³-hybridized carbons (Fsp3) is 0.875. The summed E-state index contributed by atoms with van der Waals surface area (Å²) in [4.78, 5) is 21.4. The van der Waals surface area contributed by atoms with Crippen LogP contribution in [0.1, 0.15) is 78.1 Å². The molecule has 3 heteroatoms. The summed E-state index contributed by atoms with van der Waals surface area (Å²) >= 11 is 0. The maximum atomic E-state index is 11.3. The summed E-state index contributed by atoms with van der Waals surface area (Å²) in [6.45, 7) is 4.66. The molecule has 0 heterocycles. The molecule has 0 spiro atoms. The third-order valence-corrected chi connectivity index (χ3v) is 3.32. The molecule has 0 aliphatic carbocycles. The Morgan fingerprint density at radius 2 is 1.37 bits per heavy atom. The van der Waals surface area contributed by atoms with Gasteiger partial charge in [-0.1, -0.05) is 58.8 Å². The lowest BCUT2D eigenvalue weighted by atomic mass is 10.1. The highest BCUT2D eigenvalue weighted by Crippen LogP contribution is 2.10. The molecule has 0 aliphatic rings. The molecule has 0 aromatic heterocycles. The summed E-state index contributed by atoms with van der Waals surface area (Å²) in [6.07, 6.45) is 12.7. The van der Waals surface area contributed by atoms with Gasteiger partial charge in [0.05, 0.1) is 0 Å². The van der Waals surface area contributed by atoms with E-state index in [1.54, 1.807) is 0 Å². The molecule has 19 heavy (non-hydrogen) atoms. The topological polar surface area (TPSA) is 46.2 Å². The lowest BCUT2D eigenvalue weighted by Gasteiger charge is -2.07. The van der Waals surface area contributed by atoms with Crippen LogP contribution in [0.15, 0.2) is 0 Å². The van der Waals surface area contributed by atoms with Crippen molar-refractivity contribution in [2.24, 2.45) is 5.92 Å². The van der Waals surface area contributed by atoms with Crippen molar-refractivity contribution in [3.8, 4) is 0 Å². The van der Waals surface area contributed by atoms with Crippen LogP contribution in [0.2, 0.25) is 0 Å². The van der Waals surface area contributed by atoms with Crippen LogP contribution in [-0.2, 0) is 9.59 Å². The van der Waals surface area contributed by atoms with E-state index in [4.69, 9.17) is 0 Å². The summed E-state index contributed by atoms with van der Waals surface area (Å²) in [5.74, 6) is 0.259. The number of hydrogen-bond acceptors (Lipinski definition) is 2. The van der Waals surface area contributed by atoms with E-state index in [1.807, 2.05) is 13.8 Å². The van der Waals surface area contributed by atoms with Crippen molar-refractivity contribution in [3.05, 3.63) is 0 Å². The molecule has 0 fully saturated rings. The molecule has 0 aliphatic heterocycles. The molecular formula is C16H31NO2. The van der Waals surface area contributed by atoms with Crippen LogP contribution in [0.5, 0.6) is 0 Å². The van der Waals surface area contributed by atoms with Crippen LogP contribution in [0.4, 0.5) is 0 Å². The Morgan fingerprint density at radius 3 is 1.84 bits per heavy atom. The quantitative estimate of drug-likeness (QED) is 0.407. The van der Waals surface area contributed by atoms with E-state index < -0.39 is 0 Å². The third kappa shape index (κ3) is 13.4. The van der Waals surface area contributed by atoms with Gasteiger partial charge < -0.3 is 10.1 Å². The molecule has 0 unspecified atom stereocenters. The number of rotatable bonds is 13. The molecule has 0 aromatic carbocycles. The molecule has 112 valence electrons. The van der Waals surface area contributed by atoms with Crippen molar-refractivity contribution in [1.29, 1.82) is 0 Å². The van der Waals surface area contributed by atoms with Crippen molar-refractivity contribution < 1.29 is 9.59 Å². The monoisotopic (exact) mass is 269 g/mol. The van der Waals surface area contributed by atoms with E-state index in [9.17, 15) is 9.59 Å². The van der Waals surface area contributed by atoms with Crippen LogP contribution >= 0.6 is 0 Å². The molecule has 0 saturated heterocycles. The predicted molar refractivity (Wildman–Crippen MR) is 80.1 cm³/mol. The van der Waals surface area contributed by atoms with Crippen molar-refractivity contribution in [2.75, 3.05) is 6.54 Å². The molecule has 0 aromatic rings. The summed E-state index contributed by atoms with van der Waals surface area (Å²) < 4.78 is 0. The van der Waals surface area contributed by atoms with E-state index in [1.165, 1.54) is 44.9 Å². The molecular weight excluding hydrogens is 238 g/mol. The maximum Gasteiger partial charge on any atom is 0.222 e. The largest absolute Gasteiger partial charge is 0.356 e. The molecule has 0 atom stereocenters. The Hall–Kier alpha value is -0.860. The van der Waals surface area contributed by atoms with Gasteiger partial charge in [-0.3, -0.25) is 4.79 Å². The van der Waals surface area contributed by atoms with Gasteiger partial charge in [0.1, 0.15) is 6.29 Å². The Balaban J connectivity index is 3.07. The number of aldehydes is 1. The van der Waals surface area contributed by atoms with Gasteiger partial charge in [-0.25, -0.2) is 0 Å². The summed E-state index contributed by atoms with van der Waals surface area (Å²) in [5, 5.41) is 2.95. The highest BCUT2D eigenvalue weighted by atomic mass is 16.1. The second kappa shape index (κ2) is 13.6. The molecule has 1 amide bonds. The molecule has 0 saturated carbocycles. The van der Waals surface area contributed by atoms with Crippen molar-refractivity contribution in [3.63, 3.8) is 0 Å². The van der Waals surface area contributed by atoms with E-state index in [-0.39, 0.29) is 11.8 Å². The van der Waals surface area contributed by atoms with Crippen molar-refractivity contribution in [1.82, 2.24) is 5.32 Å². The Kier molecular flexibility index (Phi) is 13.0. The third-order valence-electron chi connectivity index (χ3n) is 3.32. The molecule has 3 nitrogen and oxygen atoms in total. The van der Waals surface area contributed by atoms with E-state index in [0.29, 0.717) is 0 Å². The number of nitrogens with one attached hydrogen (secondary N) is 1. The van der Waals surface area contributed by atoms with Crippen LogP contribution in [-0.4, -0.2) is 18.7 Å². The van der Waals surface area contributed by atoms with Gasteiger partial charge in [-0.15, -0.1) is 0 Å². The maximum absolute atomic E-state index is 11.3. The fourth-order valence-corrected chi connectivity index (χ4v) is 2.01. The number of carbonyl (C=O) groups excluding carboxylic acids is 2. The lowest BCUT2D eigenvalue weighted by molar-refractivity contribution is -0.124. The lowest BCUT2D eigenvalue weighted by Crippen LogP contribution is -2.28. The Labute approximate surface area is 118 Å². The molecule has 0 rings (SSSR count). The number of carbonyl (C=O) groups is 2. The van der Waals surface area contributed by atoms with E-state index in [2.05, 4.69) is 5.32 Å². The highest BCUT2D eigenvalue weighted by molar-refractivity contribution is 5.77. The number of unbranched alkanes of at least 4 members (excludes halogenated alkanes) is 9. The Morgan fingerprint density at radius 1 is 0.895 bits per heavy atom. The molecule has 0 bridgehead atoms. The first-order valence-electron chi connectivity index (χ1n) is 7.90. The van der Waals surface area contributed by atoms with E-state index in [0.717, 1.165) is 32.1 Å². The summed E-state index contributed by atoms with van der Waals surface area (Å²) in [5.41, 5.74) is 0. The van der Waals surface area contributed by atoms with Gasteiger partial charge in [-0.05, 0) is 12.8 Å². The van der Waals surface area contributed by atoms with Crippen LogP contribution < -0.4 is 5.32 Å². The zero-order valence-corrected chi connectivity index (χ0v) is 12.7. The fourth-order valence-electron chi connectivity index (χ4n) is 2.01. The van der Waals surface area contributed by atoms with Crippen molar-refractivity contribution in [2.45, 2.75) is 78.1 Å². The van der Waals surface area contributed by atoms with E-state index >= 15 is 0 Å². The highest BCUT2D eigenvalue weighted by Gasteiger charge is 2.04. The second-order valence-electron chi connectivity index (χ2n) is 5.58. The average Bonchev–Trinajstić information content (AvgIpc) is 2.39. The first-order chi connectivity index (χ1) is 9.18. The minimum absolute atomic E-state index is 0.0965. The predicted octanol–water partition coefficient (Wildman–Crippen LogP) is 3.86. The van der Waals surface area contributed by atoms with Gasteiger partial charge in [0, 0.05) is 18.9 Å². The van der Waals surface area contributed by atoms with Crippen molar-refractivity contribution >= 4 is 12.2 Å². The first kappa shape index (κ1) is 18.1. The van der Waals surface area contributed by atoms with Gasteiger partial charge >= 0.3 is 0 Å². The van der Waals surface area contributed by atoms with Gasteiger partial charge in [0.15, 0.2) is 0 Å². The SMILES string of the molecule is CC(C)C(=O)NCCCCCCCCCCCC=O. The minimum Gasteiger partial charge on any atom is -0.356 e. The summed E-state index contributed by atoms with van der Waals surface area (Å²) in [7, 11) is 0. The van der Waals surface area contributed by atoms with Gasteiger partial charge in [0.25, 0.3) is 0 Å². The zero-order chi connectivity index (χ0) is 14.3. The van der Waals surface area contributed by atoms with Crippen LogP contribution in [0.3, 0.4) is 0 Å². The smallest absolute Gasteiger partial charge is 0.222 e. The second-order valence-corrected chi connectivity index (χ2v) is 5.58. The normalized spacial score (nSPS) is 10.7. The van der Waals surface area contributed by atoms with Gasteiger partial charge in [-0.2, -0.15) is 0 Å². The molecule has 1 N–H and O–H groups in total.